The van der Waals surface area contributed by atoms with Crippen molar-refractivity contribution in [1.29, 1.82) is 0 Å². The Morgan fingerprint density at radius 2 is 1.90 bits per heavy atom. The quantitative estimate of drug-likeness (QED) is 0.739. The van der Waals surface area contributed by atoms with E-state index in [1.807, 2.05) is 53.4 Å². The first-order valence-electron chi connectivity index (χ1n) is 10.9. The number of carbonyl (C=O) groups excluding carboxylic acids is 2. The molecule has 0 aromatic heterocycles. The normalized spacial score (nSPS) is 17.5. The average Bonchev–Trinajstić information content (AvgIpc) is 3.16. The first-order valence-corrected chi connectivity index (χ1v) is 10.9. The molecule has 0 saturated carbocycles. The summed E-state index contributed by atoms with van der Waals surface area (Å²) in [4.78, 5) is 29.2. The van der Waals surface area contributed by atoms with E-state index >= 15 is 0 Å². The molecule has 31 heavy (non-hydrogen) atoms. The van der Waals surface area contributed by atoms with Gasteiger partial charge in [-0.2, -0.15) is 0 Å². The lowest BCUT2D eigenvalue weighted by Crippen LogP contribution is -2.45. The molecule has 0 unspecified atom stereocenters. The third-order valence-electron chi connectivity index (χ3n) is 5.58. The maximum atomic E-state index is 13.0. The van der Waals surface area contributed by atoms with Crippen LogP contribution < -0.4 is 19.7 Å². The number of hydrogen-bond acceptors (Lipinski definition) is 4. The predicted molar refractivity (Wildman–Crippen MR) is 118 cm³/mol. The number of fused-ring (bicyclic) bond motifs is 1. The number of nitrogens with zero attached hydrogens (tertiary/aromatic N) is 2. The number of anilines is 1. The lowest BCUT2D eigenvalue weighted by molar-refractivity contribution is -0.117. The van der Waals surface area contributed by atoms with Crippen molar-refractivity contribution >= 4 is 17.6 Å². The van der Waals surface area contributed by atoms with Gasteiger partial charge < -0.3 is 24.6 Å². The maximum Gasteiger partial charge on any atom is 0.317 e. The van der Waals surface area contributed by atoms with Gasteiger partial charge in [0, 0.05) is 37.8 Å². The number of rotatable bonds is 7. The fraction of sp³-hybridized carbons (Fsp3) is 0.417. The topological polar surface area (TPSA) is 71.1 Å². The summed E-state index contributed by atoms with van der Waals surface area (Å²) in [5, 5.41) is 3.07. The van der Waals surface area contributed by atoms with Gasteiger partial charge >= 0.3 is 6.03 Å². The van der Waals surface area contributed by atoms with Crippen molar-refractivity contribution in [2.24, 2.45) is 0 Å². The molecule has 1 N–H and O–H groups in total. The summed E-state index contributed by atoms with van der Waals surface area (Å²) >= 11 is 0. The minimum atomic E-state index is -0.229. The molecule has 2 heterocycles. The molecule has 1 atom stereocenters. The minimum Gasteiger partial charge on any atom is -0.486 e. The van der Waals surface area contributed by atoms with Gasteiger partial charge in [0.1, 0.15) is 13.2 Å². The lowest BCUT2D eigenvalue weighted by atomic mass is 10.2. The van der Waals surface area contributed by atoms with Crippen LogP contribution >= 0.6 is 0 Å². The highest BCUT2D eigenvalue weighted by Gasteiger charge is 2.33. The van der Waals surface area contributed by atoms with Gasteiger partial charge in [0.2, 0.25) is 5.91 Å². The van der Waals surface area contributed by atoms with Gasteiger partial charge in [0.15, 0.2) is 11.5 Å². The molecule has 2 aliphatic heterocycles. The molecule has 2 aromatic carbocycles. The molecule has 4 rings (SSSR count). The molecule has 7 nitrogen and oxygen atoms in total. The van der Waals surface area contributed by atoms with E-state index in [1.54, 1.807) is 4.90 Å². The highest BCUT2D eigenvalue weighted by molar-refractivity contribution is 5.97. The molecule has 0 radical (unpaired) electrons. The van der Waals surface area contributed by atoms with E-state index < -0.39 is 0 Å². The molecule has 1 saturated heterocycles. The van der Waals surface area contributed by atoms with Crippen LogP contribution in [0, 0.1) is 0 Å². The molecular weight excluding hydrogens is 394 g/mol. The summed E-state index contributed by atoms with van der Waals surface area (Å²) in [7, 11) is 0. The van der Waals surface area contributed by atoms with Gasteiger partial charge in [0.25, 0.3) is 0 Å². The first-order chi connectivity index (χ1) is 15.1. The molecule has 0 bridgehead atoms. The maximum absolute atomic E-state index is 13.0. The fourth-order valence-corrected chi connectivity index (χ4v) is 3.92. The summed E-state index contributed by atoms with van der Waals surface area (Å²) < 4.78 is 11.2. The Bertz CT molecular complexity index is 918. The van der Waals surface area contributed by atoms with E-state index in [0.717, 1.165) is 24.1 Å². The number of carbonyl (C=O) groups is 2. The molecular formula is C24H29N3O4. The van der Waals surface area contributed by atoms with Crippen LogP contribution in [0.25, 0.3) is 0 Å². The van der Waals surface area contributed by atoms with Gasteiger partial charge in [-0.15, -0.1) is 0 Å². The van der Waals surface area contributed by atoms with Gasteiger partial charge in [-0.3, -0.25) is 4.79 Å². The molecule has 7 heteroatoms. The first kappa shape index (κ1) is 21.0. The monoisotopic (exact) mass is 423 g/mol. The summed E-state index contributed by atoms with van der Waals surface area (Å²) in [5.41, 5.74) is 1.85. The zero-order valence-electron chi connectivity index (χ0n) is 17.9. The van der Waals surface area contributed by atoms with Crippen LogP contribution in [0.4, 0.5) is 10.5 Å². The SMILES string of the molecule is CCCCN(Cc1ccccc1)C(=O)N[C@@H]1CC(=O)N(c2ccc3c(c2)OCCO3)C1. The molecule has 2 aliphatic rings. The van der Waals surface area contributed by atoms with Gasteiger partial charge in [-0.25, -0.2) is 4.79 Å². The van der Waals surface area contributed by atoms with E-state index in [1.165, 1.54) is 0 Å². The summed E-state index contributed by atoms with van der Waals surface area (Å²) in [6, 6.07) is 15.1. The average molecular weight is 424 g/mol. The number of hydrogen-bond donors (Lipinski definition) is 1. The van der Waals surface area contributed by atoms with Gasteiger partial charge in [0.05, 0.1) is 6.04 Å². The third-order valence-corrected chi connectivity index (χ3v) is 5.58. The number of urea groups is 1. The largest absolute Gasteiger partial charge is 0.486 e. The molecule has 3 amide bonds. The van der Waals surface area contributed by atoms with Crippen molar-refractivity contribution in [3.8, 4) is 11.5 Å². The van der Waals surface area contributed by atoms with E-state index in [0.29, 0.717) is 44.3 Å². The Labute approximate surface area is 182 Å². The van der Waals surface area contributed by atoms with Crippen LogP contribution in [-0.2, 0) is 11.3 Å². The lowest BCUT2D eigenvalue weighted by Gasteiger charge is -2.25. The zero-order valence-corrected chi connectivity index (χ0v) is 17.9. The third kappa shape index (κ3) is 5.10. The second-order valence-electron chi connectivity index (χ2n) is 7.94. The van der Waals surface area contributed by atoms with Crippen molar-refractivity contribution in [2.75, 3.05) is 31.2 Å². The fourth-order valence-electron chi connectivity index (χ4n) is 3.92. The van der Waals surface area contributed by atoms with Crippen molar-refractivity contribution in [2.45, 2.75) is 38.8 Å². The Morgan fingerprint density at radius 3 is 2.68 bits per heavy atom. The Morgan fingerprint density at radius 1 is 1.13 bits per heavy atom. The van der Waals surface area contributed by atoms with Crippen molar-refractivity contribution in [1.82, 2.24) is 10.2 Å². The van der Waals surface area contributed by atoms with E-state index in [4.69, 9.17) is 9.47 Å². The molecule has 2 aromatic rings. The molecule has 0 spiro atoms. The van der Waals surface area contributed by atoms with Gasteiger partial charge in [-0.05, 0) is 24.1 Å². The summed E-state index contributed by atoms with van der Waals surface area (Å²) in [6.07, 6.45) is 2.23. The highest BCUT2D eigenvalue weighted by atomic mass is 16.6. The van der Waals surface area contributed by atoms with Crippen molar-refractivity contribution < 1.29 is 19.1 Å². The van der Waals surface area contributed by atoms with Crippen LogP contribution in [0.1, 0.15) is 31.7 Å². The van der Waals surface area contributed by atoms with Crippen LogP contribution in [0.2, 0.25) is 0 Å². The highest BCUT2D eigenvalue weighted by Crippen LogP contribution is 2.35. The summed E-state index contributed by atoms with van der Waals surface area (Å²) in [6.45, 7) is 4.82. The summed E-state index contributed by atoms with van der Waals surface area (Å²) in [5.74, 6) is 1.33. The van der Waals surface area contributed by atoms with E-state index in [2.05, 4.69) is 12.2 Å². The smallest absolute Gasteiger partial charge is 0.317 e. The molecule has 164 valence electrons. The second kappa shape index (κ2) is 9.73. The Balaban J connectivity index is 1.40. The second-order valence-corrected chi connectivity index (χ2v) is 7.94. The zero-order chi connectivity index (χ0) is 21.6. The predicted octanol–water partition coefficient (Wildman–Crippen LogP) is 3.58. The van der Waals surface area contributed by atoms with Crippen molar-refractivity contribution in [3.05, 3.63) is 54.1 Å². The molecule has 0 aliphatic carbocycles. The molecule has 1 fully saturated rings. The van der Waals surface area contributed by atoms with Crippen LogP contribution in [0.15, 0.2) is 48.5 Å². The number of nitrogens with one attached hydrogen (secondary N) is 1. The van der Waals surface area contributed by atoms with Crippen LogP contribution in [0.5, 0.6) is 11.5 Å². The Hall–Kier alpha value is -3.22. The van der Waals surface area contributed by atoms with E-state index in [9.17, 15) is 9.59 Å². The number of benzene rings is 2. The number of ether oxygens (including phenoxy) is 2. The number of unbranched alkanes of at least 4 members (excludes halogenated alkanes) is 1. The van der Waals surface area contributed by atoms with Crippen molar-refractivity contribution in [3.63, 3.8) is 0 Å². The standard InChI is InChI=1S/C24H29N3O4/c1-2-3-11-26(16-18-7-5-4-6-8-18)24(29)25-19-14-23(28)27(17-19)20-9-10-21-22(15-20)31-13-12-30-21/h4-10,15,19H,2-3,11-14,16-17H2,1H3,(H,25,29)/t19-/m1/s1. The minimum absolute atomic E-state index is 0.00912. The van der Waals surface area contributed by atoms with Gasteiger partial charge in [-0.1, -0.05) is 43.7 Å². The van der Waals surface area contributed by atoms with Crippen LogP contribution in [0.3, 0.4) is 0 Å². The number of amides is 3. The Kier molecular flexibility index (Phi) is 6.60. The van der Waals surface area contributed by atoms with Crippen LogP contribution in [-0.4, -0.2) is 49.2 Å². The van der Waals surface area contributed by atoms with E-state index in [-0.39, 0.29) is 24.4 Å².